The average Bonchev–Trinajstić information content (AvgIpc) is 2.39. The first-order chi connectivity index (χ1) is 9.47. The van der Waals surface area contributed by atoms with Crippen molar-refractivity contribution < 1.29 is 9.59 Å². The molecule has 0 saturated heterocycles. The van der Waals surface area contributed by atoms with Crippen molar-refractivity contribution >= 4 is 17.5 Å². The van der Waals surface area contributed by atoms with Crippen LogP contribution >= 0.6 is 0 Å². The number of nitrogens with one attached hydrogen (secondary N) is 2. The largest absolute Gasteiger partial charge is 0.350 e. The molecule has 0 unspecified atom stereocenters. The predicted octanol–water partition coefficient (Wildman–Crippen LogP) is 3.20. The van der Waals surface area contributed by atoms with Crippen molar-refractivity contribution in [3.8, 4) is 0 Å². The molecular formula is C16H24N2O2. The zero-order chi connectivity index (χ0) is 15.1. The van der Waals surface area contributed by atoms with Crippen LogP contribution in [-0.4, -0.2) is 17.9 Å². The highest BCUT2D eigenvalue weighted by molar-refractivity contribution is 5.97. The van der Waals surface area contributed by atoms with E-state index in [-0.39, 0.29) is 23.8 Å². The standard InChI is InChI=1S/C16H24N2O2/c1-5-12(6-2)15(19)18-14-9-7-8-13(10-14)16(20)17-11(3)4/h7-12H,5-6H2,1-4H3,(H,17,20)(H,18,19). The van der Waals surface area contributed by atoms with E-state index in [4.69, 9.17) is 0 Å². The fourth-order valence-electron chi connectivity index (χ4n) is 1.99. The molecule has 0 heterocycles. The molecule has 1 rings (SSSR count). The molecule has 0 aliphatic rings. The van der Waals surface area contributed by atoms with E-state index in [1.807, 2.05) is 27.7 Å². The van der Waals surface area contributed by atoms with Crippen LogP contribution < -0.4 is 10.6 Å². The lowest BCUT2D eigenvalue weighted by Crippen LogP contribution is -2.30. The minimum absolute atomic E-state index is 0.0106. The fraction of sp³-hybridized carbons (Fsp3) is 0.500. The minimum Gasteiger partial charge on any atom is -0.350 e. The average molecular weight is 276 g/mol. The van der Waals surface area contributed by atoms with Crippen molar-refractivity contribution in [3.63, 3.8) is 0 Å². The van der Waals surface area contributed by atoms with Crippen molar-refractivity contribution in [1.82, 2.24) is 5.32 Å². The van der Waals surface area contributed by atoms with Gasteiger partial charge in [0.1, 0.15) is 0 Å². The van der Waals surface area contributed by atoms with Crippen LogP contribution in [0.1, 0.15) is 50.9 Å². The molecule has 0 radical (unpaired) electrons. The van der Waals surface area contributed by atoms with Crippen LogP contribution in [0.25, 0.3) is 0 Å². The zero-order valence-corrected chi connectivity index (χ0v) is 12.7. The van der Waals surface area contributed by atoms with E-state index in [1.54, 1.807) is 24.3 Å². The number of rotatable bonds is 6. The van der Waals surface area contributed by atoms with Crippen molar-refractivity contribution in [2.45, 2.75) is 46.6 Å². The summed E-state index contributed by atoms with van der Waals surface area (Å²) in [7, 11) is 0. The van der Waals surface area contributed by atoms with E-state index in [1.165, 1.54) is 0 Å². The Hall–Kier alpha value is -1.84. The summed E-state index contributed by atoms with van der Waals surface area (Å²) in [5, 5.41) is 5.71. The monoisotopic (exact) mass is 276 g/mol. The molecule has 4 heteroatoms. The van der Waals surface area contributed by atoms with Gasteiger partial charge in [0, 0.05) is 23.2 Å². The van der Waals surface area contributed by atoms with Gasteiger partial charge in [-0.25, -0.2) is 0 Å². The Morgan fingerprint density at radius 2 is 1.80 bits per heavy atom. The second-order valence-corrected chi connectivity index (χ2v) is 5.21. The van der Waals surface area contributed by atoms with Crippen LogP contribution in [0.15, 0.2) is 24.3 Å². The Labute approximate surface area is 121 Å². The van der Waals surface area contributed by atoms with Gasteiger partial charge >= 0.3 is 0 Å². The Morgan fingerprint density at radius 1 is 1.15 bits per heavy atom. The number of anilines is 1. The summed E-state index contributed by atoms with van der Waals surface area (Å²) >= 11 is 0. The quantitative estimate of drug-likeness (QED) is 0.838. The summed E-state index contributed by atoms with van der Waals surface area (Å²) in [6, 6.07) is 7.11. The van der Waals surface area contributed by atoms with Crippen LogP contribution in [-0.2, 0) is 4.79 Å². The molecule has 2 N–H and O–H groups in total. The number of carbonyl (C=O) groups excluding carboxylic acids is 2. The normalized spacial score (nSPS) is 10.7. The summed E-state index contributed by atoms with van der Waals surface area (Å²) < 4.78 is 0. The van der Waals surface area contributed by atoms with Gasteiger partial charge in [0.25, 0.3) is 5.91 Å². The summed E-state index contributed by atoms with van der Waals surface area (Å²) in [4.78, 5) is 23.9. The predicted molar refractivity (Wildman–Crippen MR) is 81.7 cm³/mol. The van der Waals surface area contributed by atoms with Crippen LogP contribution in [0, 0.1) is 5.92 Å². The molecule has 0 aliphatic heterocycles. The lowest BCUT2D eigenvalue weighted by molar-refractivity contribution is -0.120. The Balaban J connectivity index is 2.78. The van der Waals surface area contributed by atoms with Gasteiger partial charge in [0.2, 0.25) is 5.91 Å². The number of hydrogen-bond donors (Lipinski definition) is 2. The first kappa shape index (κ1) is 16.2. The van der Waals surface area contributed by atoms with Gasteiger partial charge in [-0.05, 0) is 44.9 Å². The number of benzene rings is 1. The van der Waals surface area contributed by atoms with E-state index >= 15 is 0 Å². The van der Waals surface area contributed by atoms with E-state index in [9.17, 15) is 9.59 Å². The van der Waals surface area contributed by atoms with E-state index in [0.29, 0.717) is 11.3 Å². The number of hydrogen-bond acceptors (Lipinski definition) is 2. The highest BCUT2D eigenvalue weighted by Gasteiger charge is 2.15. The van der Waals surface area contributed by atoms with Crippen molar-refractivity contribution in [3.05, 3.63) is 29.8 Å². The van der Waals surface area contributed by atoms with Gasteiger partial charge in [-0.2, -0.15) is 0 Å². The third-order valence-corrected chi connectivity index (χ3v) is 3.17. The Morgan fingerprint density at radius 3 is 2.35 bits per heavy atom. The number of amides is 2. The highest BCUT2D eigenvalue weighted by atomic mass is 16.2. The minimum atomic E-state index is -0.126. The maximum Gasteiger partial charge on any atom is 0.251 e. The van der Waals surface area contributed by atoms with Crippen molar-refractivity contribution in [1.29, 1.82) is 0 Å². The lowest BCUT2D eigenvalue weighted by Gasteiger charge is -2.14. The first-order valence-electron chi connectivity index (χ1n) is 7.19. The molecule has 0 aliphatic carbocycles. The van der Waals surface area contributed by atoms with Crippen LogP contribution in [0.4, 0.5) is 5.69 Å². The molecule has 0 atom stereocenters. The molecule has 4 nitrogen and oxygen atoms in total. The maximum absolute atomic E-state index is 12.0. The molecular weight excluding hydrogens is 252 g/mol. The van der Waals surface area contributed by atoms with Crippen LogP contribution in [0.3, 0.4) is 0 Å². The van der Waals surface area contributed by atoms with Gasteiger partial charge in [-0.3, -0.25) is 9.59 Å². The van der Waals surface area contributed by atoms with Gasteiger partial charge in [-0.1, -0.05) is 19.9 Å². The Bertz CT molecular complexity index is 465. The first-order valence-corrected chi connectivity index (χ1v) is 7.19. The smallest absolute Gasteiger partial charge is 0.251 e. The summed E-state index contributed by atoms with van der Waals surface area (Å²) in [6.07, 6.45) is 1.63. The highest BCUT2D eigenvalue weighted by Crippen LogP contribution is 2.15. The van der Waals surface area contributed by atoms with Gasteiger partial charge in [0.15, 0.2) is 0 Å². The zero-order valence-electron chi connectivity index (χ0n) is 12.7. The second kappa shape index (κ2) is 7.68. The fourth-order valence-corrected chi connectivity index (χ4v) is 1.99. The second-order valence-electron chi connectivity index (χ2n) is 5.21. The molecule has 1 aromatic carbocycles. The molecule has 0 fully saturated rings. The third-order valence-electron chi connectivity index (χ3n) is 3.17. The van der Waals surface area contributed by atoms with Gasteiger partial charge in [0.05, 0.1) is 0 Å². The molecule has 110 valence electrons. The molecule has 2 amide bonds. The van der Waals surface area contributed by atoms with E-state index < -0.39 is 0 Å². The molecule has 20 heavy (non-hydrogen) atoms. The van der Waals surface area contributed by atoms with E-state index in [0.717, 1.165) is 12.8 Å². The van der Waals surface area contributed by atoms with Gasteiger partial charge < -0.3 is 10.6 Å². The topological polar surface area (TPSA) is 58.2 Å². The molecule has 0 aromatic heterocycles. The third kappa shape index (κ3) is 4.68. The molecule has 0 spiro atoms. The summed E-state index contributed by atoms with van der Waals surface area (Å²) in [5.41, 5.74) is 1.22. The molecule has 0 bridgehead atoms. The van der Waals surface area contributed by atoms with Crippen LogP contribution in [0.5, 0.6) is 0 Å². The molecule has 0 saturated carbocycles. The van der Waals surface area contributed by atoms with Crippen LogP contribution in [0.2, 0.25) is 0 Å². The van der Waals surface area contributed by atoms with Crippen molar-refractivity contribution in [2.24, 2.45) is 5.92 Å². The number of carbonyl (C=O) groups is 2. The SMILES string of the molecule is CCC(CC)C(=O)Nc1cccc(C(=O)NC(C)C)c1. The summed E-state index contributed by atoms with van der Waals surface area (Å²) in [5.74, 6) is -0.0989. The molecule has 1 aromatic rings. The Kier molecular flexibility index (Phi) is 6.22. The van der Waals surface area contributed by atoms with E-state index in [2.05, 4.69) is 10.6 Å². The summed E-state index contributed by atoms with van der Waals surface area (Å²) in [6.45, 7) is 7.83. The maximum atomic E-state index is 12.0. The van der Waals surface area contributed by atoms with Crippen molar-refractivity contribution in [2.75, 3.05) is 5.32 Å². The lowest BCUT2D eigenvalue weighted by atomic mass is 10.0. The van der Waals surface area contributed by atoms with Gasteiger partial charge in [-0.15, -0.1) is 0 Å².